The number of H-pyrrole nitrogens is 1. The van der Waals surface area contributed by atoms with Crippen molar-refractivity contribution in [1.82, 2.24) is 24.9 Å². The molecule has 25 heavy (non-hydrogen) atoms. The molecule has 4 aromatic rings. The van der Waals surface area contributed by atoms with Crippen LogP contribution < -0.4 is 5.32 Å². The monoisotopic (exact) mass is 374 g/mol. The molecule has 0 radical (unpaired) electrons. The summed E-state index contributed by atoms with van der Waals surface area (Å²) in [7, 11) is 0. The van der Waals surface area contributed by atoms with Gasteiger partial charge >= 0.3 is 0 Å². The first-order valence-electron chi connectivity index (χ1n) is 7.15. The Morgan fingerprint density at radius 3 is 2.60 bits per heavy atom. The topological polar surface area (TPSA) is 79.4 Å². The van der Waals surface area contributed by atoms with Crippen molar-refractivity contribution in [3.63, 3.8) is 0 Å². The first-order chi connectivity index (χ1) is 12.1. The average molecular weight is 375 g/mol. The molecule has 0 bridgehead atoms. The first-order valence-corrected chi connectivity index (χ1v) is 7.90. The van der Waals surface area contributed by atoms with Gasteiger partial charge in [0.25, 0.3) is 0 Å². The Balaban J connectivity index is 1.88. The minimum atomic E-state index is -0.561. The van der Waals surface area contributed by atoms with E-state index in [-0.39, 0.29) is 5.52 Å². The van der Waals surface area contributed by atoms with Gasteiger partial charge in [0.05, 0.1) is 21.8 Å². The van der Waals surface area contributed by atoms with Gasteiger partial charge in [-0.25, -0.2) is 24.3 Å². The van der Waals surface area contributed by atoms with Gasteiger partial charge in [-0.2, -0.15) is 0 Å². The van der Waals surface area contributed by atoms with Crippen LogP contribution in [0.25, 0.3) is 22.4 Å². The van der Waals surface area contributed by atoms with Gasteiger partial charge in [0.15, 0.2) is 11.6 Å². The van der Waals surface area contributed by atoms with Crippen LogP contribution in [0.2, 0.25) is 10.0 Å². The van der Waals surface area contributed by atoms with Crippen LogP contribution in [-0.4, -0.2) is 24.9 Å². The fraction of sp³-hybridized carbons (Fsp3) is 0. The quantitative estimate of drug-likeness (QED) is 0.547. The number of hydrogen-bond acceptors (Lipinski definition) is 5. The van der Waals surface area contributed by atoms with E-state index >= 15 is 0 Å². The third-order valence-corrected chi connectivity index (χ3v) is 4.13. The summed E-state index contributed by atoms with van der Waals surface area (Å²) in [6.45, 7) is 0. The molecule has 3 heterocycles. The Morgan fingerprint density at radius 1 is 1.08 bits per heavy atom. The van der Waals surface area contributed by atoms with Gasteiger partial charge in [0.1, 0.15) is 29.0 Å². The van der Waals surface area contributed by atoms with E-state index in [4.69, 9.17) is 23.2 Å². The van der Waals surface area contributed by atoms with Crippen LogP contribution in [0.3, 0.4) is 0 Å². The van der Waals surface area contributed by atoms with E-state index in [0.717, 1.165) is 6.20 Å². The summed E-state index contributed by atoms with van der Waals surface area (Å²) in [5, 5.41) is 3.82. The number of anilines is 2. The molecular weight excluding hydrogens is 366 g/mol. The number of aromatic nitrogens is 5. The molecule has 1 aromatic carbocycles. The third kappa shape index (κ3) is 2.88. The van der Waals surface area contributed by atoms with Crippen LogP contribution >= 0.6 is 23.2 Å². The van der Waals surface area contributed by atoms with Crippen LogP contribution in [0.15, 0.2) is 43.0 Å². The number of aromatic amines is 1. The van der Waals surface area contributed by atoms with Crippen molar-refractivity contribution in [1.29, 1.82) is 0 Å². The van der Waals surface area contributed by atoms with Crippen molar-refractivity contribution in [2.45, 2.75) is 0 Å². The van der Waals surface area contributed by atoms with Gasteiger partial charge in [0, 0.05) is 6.20 Å². The van der Waals surface area contributed by atoms with Crippen LogP contribution in [-0.2, 0) is 0 Å². The second-order valence-corrected chi connectivity index (χ2v) is 5.89. The molecule has 0 spiro atoms. The normalized spacial score (nSPS) is 11.0. The summed E-state index contributed by atoms with van der Waals surface area (Å²) in [6, 6.07) is 6.76. The molecule has 3 aromatic heterocycles. The maximum absolute atomic E-state index is 14.2. The van der Waals surface area contributed by atoms with Crippen LogP contribution in [0, 0.1) is 5.82 Å². The van der Waals surface area contributed by atoms with Crippen LogP contribution in [0.5, 0.6) is 0 Å². The number of imidazole rings is 1. The number of nitrogens with one attached hydrogen (secondary N) is 2. The van der Waals surface area contributed by atoms with Gasteiger partial charge < -0.3 is 10.3 Å². The summed E-state index contributed by atoms with van der Waals surface area (Å²) in [5.74, 6) is 0.677. The molecule has 0 fully saturated rings. The third-order valence-electron chi connectivity index (χ3n) is 3.50. The van der Waals surface area contributed by atoms with E-state index < -0.39 is 5.82 Å². The van der Waals surface area contributed by atoms with Gasteiger partial charge in [-0.3, -0.25) is 0 Å². The highest BCUT2D eigenvalue weighted by Crippen LogP contribution is 2.35. The minimum Gasteiger partial charge on any atom is -0.335 e. The molecule has 0 saturated heterocycles. The lowest BCUT2D eigenvalue weighted by Gasteiger charge is -2.05. The summed E-state index contributed by atoms with van der Waals surface area (Å²) in [5.41, 5.74) is 0.997. The summed E-state index contributed by atoms with van der Waals surface area (Å²) in [4.78, 5) is 19.3. The lowest BCUT2D eigenvalue weighted by molar-refractivity contribution is 0.632. The van der Waals surface area contributed by atoms with Gasteiger partial charge in [-0.1, -0.05) is 29.3 Å². The summed E-state index contributed by atoms with van der Waals surface area (Å²) < 4.78 is 14.2. The highest BCUT2D eigenvalue weighted by atomic mass is 35.5. The Labute approximate surface area is 151 Å². The van der Waals surface area contributed by atoms with Crippen molar-refractivity contribution in [3.05, 3.63) is 58.8 Å². The van der Waals surface area contributed by atoms with Crippen molar-refractivity contribution in [2.75, 3.05) is 5.32 Å². The number of nitrogens with zero attached hydrogens (tertiary/aromatic N) is 4. The maximum Gasteiger partial charge on any atom is 0.169 e. The zero-order valence-electron chi connectivity index (χ0n) is 12.5. The molecule has 124 valence electrons. The number of halogens is 3. The lowest BCUT2D eigenvalue weighted by atomic mass is 10.2. The number of benzene rings is 1. The van der Waals surface area contributed by atoms with Crippen molar-refractivity contribution in [2.24, 2.45) is 0 Å². The highest BCUT2D eigenvalue weighted by molar-refractivity contribution is 6.39. The fourth-order valence-corrected chi connectivity index (χ4v) is 2.96. The minimum absolute atomic E-state index is 0.123. The lowest BCUT2D eigenvalue weighted by Crippen LogP contribution is -1.98. The smallest absolute Gasteiger partial charge is 0.169 e. The fourth-order valence-electron chi connectivity index (χ4n) is 2.39. The molecule has 0 amide bonds. The highest BCUT2D eigenvalue weighted by Gasteiger charge is 2.17. The van der Waals surface area contributed by atoms with E-state index in [2.05, 4.69) is 30.2 Å². The molecule has 0 aliphatic carbocycles. The van der Waals surface area contributed by atoms with E-state index in [1.807, 2.05) is 0 Å². The Morgan fingerprint density at radius 2 is 1.88 bits per heavy atom. The largest absolute Gasteiger partial charge is 0.335 e. The predicted octanol–water partition coefficient (Wildman–Crippen LogP) is 4.60. The number of pyridine rings is 1. The van der Waals surface area contributed by atoms with Gasteiger partial charge in [0.2, 0.25) is 0 Å². The van der Waals surface area contributed by atoms with Crippen LogP contribution in [0.1, 0.15) is 0 Å². The molecule has 6 nitrogen and oxygen atoms in total. The standard InChI is InChI=1S/C16H9Cl2FN6/c17-8-2-1-3-9(18)12(8)15-24-13-10(19)6-21-16(14(13)25-15)23-11-4-5-20-7-22-11/h1-7H,(H,24,25)(H,20,21,22,23). The molecule has 0 aliphatic rings. The number of rotatable bonds is 3. The van der Waals surface area contributed by atoms with E-state index in [9.17, 15) is 4.39 Å². The molecule has 0 atom stereocenters. The first kappa shape index (κ1) is 15.7. The molecule has 0 unspecified atom stereocenters. The zero-order valence-corrected chi connectivity index (χ0v) is 14.0. The van der Waals surface area contributed by atoms with E-state index in [0.29, 0.717) is 38.6 Å². The Hall–Kier alpha value is -2.77. The summed E-state index contributed by atoms with van der Waals surface area (Å²) >= 11 is 12.4. The van der Waals surface area contributed by atoms with Crippen molar-refractivity contribution < 1.29 is 4.39 Å². The average Bonchev–Trinajstić information content (AvgIpc) is 3.04. The SMILES string of the molecule is Fc1cnc(Nc2ccncn2)c2[nH]c(-c3c(Cl)cccc3Cl)nc12. The number of fused-ring (bicyclic) bond motifs is 1. The van der Waals surface area contributed by atoms with Gasteiger partial charge in [-0.05, 0) is 18.2 Å². The Kier molecular flexibility index (Phi) is 3.95. The summed E-state index contributed by atoms with van der Waals surface area (Å²) in [6.07, 6.45) is 4.06. The molecular formula is C16H9Cl2FN6. The van der Waals surface area contributed by atoms with E-state index in [1.54, 1.807) is 30.5 Å². The van der Waals surface area contributed by atoms with Crippen molar-refractivity contribution in [3.8, 4) is 11.4 Å². The zero-order chi connectivity index (χ0) is 17.4. The predicted molar refractivity (Wildman–Crippen MR) is 94.6 cm³/mol. The number of hydrogen-bond donors (Lipinski definition) is 2. The second-order valence-electron chi connectivity index (χ2n) is 5.08. The molecule has 0 aliphatic heterocycles. The molecule has 0 saturated carbocycles. The van der Waals surface area contributed by atoms with E-state index in [1.165, 1.54) is 6.33 Å². The van der Waals surface area contributed by atoms with Gasteiger partial charge in [-0.15, -0.1) is 0 Å². The van der Waals surface area contributed by atoms with Crippen LogP contribution in [0.4, 0.5) is 16.0 Å². The second kappa shape index (κ2) is 6.27. The maximum atomic E-state index is 14.2. The Bertz CT molecular complexity index is 1050. The molecule has 2 N–H and O–H groups in total. The molecule has 4 rings (SSSR count). The molecule has 9 heteroatoms. The van der Waals surface area contributed by atoms with Crippen molar-refractivity contribution >= 4 is 45.9 Å².